The zero-order valence-corrected chi connectivity index (χ0v) is 27.5. The zero-order valence-electron chi connectivity index (χ0n) is 26.7. The quantitative estimate of drug-likeness (QED) is 0.191. The minimum atomic E-state index is -0.809. The lowest BCUT2D eigenvalue weighted by Gasteiger charge is -2.26. The highest BCUT2D eigenvalue weighted by Crippen LogP contribution is 2.36. The van der Waals surface area contributed by atoms with Gasteiger partial charge < -0.3 is 23.7 Å². The van der Waals surface area contributed by atoms with Crippen molar-refractivity contribution in [3.8, 4) is 17.2 Å². The largest absolute Gasteiger partial charge is 0.494 e. The minimum Gasteiger partial charge on any atom is -0.494 e. The summed E-state index contributed by atoms with van der Waals surface area (Å²) >= 11 is 1.22. The molecule has 0 amide bonds. The smallest absolute Gasteiger partial charge is 0.344 e. The van der Waals surface area contributed by atoms with Gasteiger partial charge in [0.15, 0.2) is 22.9 Å². The van der Waals surface area contributed by atoms with Gasteiger partial charge in [0, 0.05) is 5.56 Å². The Hall–Kier alpha value is -5.16. The molecule has 1 aliphatic heterocycles. The maximum absolute atomic E-state index is 14.2. The average Bonchev–Trinajstić information content (AvgIpc) is 3.39. The van der Waals surface area contributed by atoms with Gasteiger partial charge in [0.25, 0.3) is 5.56 Å². The number of hydrogen-bond acceptors (Lipinski definition) is 10. The van der Waals surface area contributed by atoms with E-state index in [9.17, 15) is 14.4 Å². The van der Waals surface area contributed by atoms with Crippen molar-refractivity contribution in [3.05, 3.63) is 115 Å². The first-order valence-electron chi connectivity index (χ1n) is 15.4. The Labute approximate surface area is 276 Å². The highest BCUT2D eigenvalue weighted by atomic mass is 32.1. The van der Waals surface area contributed by atoms with E-state index in [1.54, 1.807) is 42.7 Å². The van der Waals surface area contributed by atoms with Gasteiger partial charge in [-0.1, -0.05) is 59.9 Å². The van der Waals surface area contributed by atoms with Gasteiger partial charge >= 0.3 is 11.9 Å². The van der Waals surface area contributed by atoms with E-state index in [4.69, 9.17) is 28.7 Å². The highest BCUT2D eigenvalue weighted by Gasteiger charge is 2.35. The lowest BCUT2D eigenvalue weighted by atomic mass is 9.93. The molecule has 0 fully saturated rings. The van der Waals surface area contributed by atoms with E-state index in [0.29, 0.717) is 56.6 Å². The number of benzene rings is 3. The van der Waals surface area contributed by atoms with Crippen molar-refractivity contribution in [2.24, 2.45) is 4.99 Å². The van der Waals surface area contributed by atoms with E-state index >= 15 is 0 Å². The van der Waals surface area contributed by atoms with Gasteiger partial charge in [-0.3, -0.25) is 9.36 Å². The summed E-state index contributed by atoms with van der Waals surface area (Å²) in [6, 6.07) is 21.1. The van der Waals surface area contributed by atoms with E-state index in [0.717, 1.165) is 5.56 Å². The van der Waals surface area contributed by atoms with Crippen LogP contribution in [0, 0.1) is 0 Å². The van der Waals surface area contributed by atoms with Crippen LogP contribution >= 0.6 is 11.3 Å². The molecule has 0 unspecified atom stereocenters. The van der Waals surface area contributed by atoms with Gasteiger partial charge in [0.2, 0.25) is 0 Å². The molecule has 0 spiro atoms. The summed E-state index contributed by atoms with van der Waals surface area (Å²) in [6.07, 6.45) is 1.74. The molecule has 0 bridgehead atoms. The van der Waals surface area contributed by atoms with Crippen LogP contribution in [0.3, 0.4) is 0 Å². The monoisotopic (exact) mass is 656 g/mol. The van der Waals surface area contributed by atoms with Crippen molar-refractivity contribution < 1.29 is 33.3 Å². The van der Waals surface area contributed by atoms with Crippen LogP contribution in [-0.4, -0.2) is 49.5 Å². The van der Waals surface area contributed by atoms with Crippen LogP contribution in [0.25, 0.3) is 11.8 Å². The van der Waals surface area contributed by atoms with Crippen LogP contribution in [0.2, 0.25) is 0 Å². The van der Waals surface area contributed by atoms with Crippen molar-refractivity contribution in [1.29, 1.82) is 0 Å². The Balaban J connectivity index is 1.67. The SMILES string of the molecule is CCOC(=O)COc1ccc(/C=c2\sc3n(c2=O)[C@@H](c2ccc(OCC)cc2)C(C(=O)OCC)=C(c2ccccc2)N=3)cc1OCC. The summed E-state index contributed by atoms with van der Waals surface area (Å²) < 4.78 is 29.5. The molecule has 0 aliphatic carbocycles. The molecule has 3 aromatic carbocycles. The van der Waals surface area contributed by atoms with Crippen LogP contribution < -0.4 is 29.1 Å². The third kappa shape index (κ3) is 7.47. The maximum atomic E-state index is 14.2. The number of ether oxygens (including phenoxy) is 5. The lowest BCUT2D eigenvalue weighted by molar-refractivity contribution is -0.145. The fourth-order valence-electron chi connectivity index (χ4n) is 5.16. The Morgan fingerprint density at radius 2 is 1.55 bits per heavy atom. The second-order valence-corrected chi connectivity index (χ2v) is 11.2. The molecule has 11 heteroatoms. The molecular weight excluding hydrogens is 620 g/mol. The molecule has 0 saturated heterocycles. The molecule has 5 rings (SSSR count). The molecule has 47 heavy (non-hydrogen) atoms. The number of carbonyl (C=O) groups excluding carboxylic acids is 2. The molecule has 1 aromatic heterocycles. The number of thiazole rings is 1. The summed E-state index contributed by atoms with van der Waals surface area (Å²) in [4.78, 5) is 45.1. The molecule has 2 heterocycles. The standard InChI is InChI=1S/C36H36N2O8S/c1-5-42-26-17-15-25(16-18-26)33-31(35(41)45-8-4)32(24-12-10-9-11-13-24)37-36-38(33)34(40)29(47-36)21-23-14-19-27(28(20-23)43-6-2)46-22-30(39)44-7-3/h9-21,33H,5-8,22H2,1-4H3/b29-21-/t33-/m0/s1. The Morgan fingerprint density at radius 1 is 0.830 bits per heavy atom. The van der Waals surface area contributed by atoms with Crippen LogP contribution in [0.5, 0.6) is 17.2 Å². The summed E-state index contributed by atoms with van der Waals surface area (Å²) in [6.45, 7) is 8.23. The fourth-order valence-corrected chi connectivity index (χ4v) is 6.16. The summed E-state index contributed by atoms with van der Waals surface area (Å²) in [5.74, 6) is 0.429. The first-order valence-corrected chi connectivity index (χ1v) is 16.3. The number of aromatic nitrogens is 1. The van der Waals surface area contributed by atoms with Crippen LogP contribution in [0.1, 0.15) is 50.4 Å². The first-order chi connectivity index (χ1) is 22.9. The topological polar surface area (TPSA) is 115 Å². The minimum absolute atomic E-state index is 0.159. The second-order valence-electron chi connectivity index (χ2n) is 10.2. The van der Waals surface area contributed by atoms with Crippen LogP contribution in [0.15, 0.2) is 88.2 Å². The fraction of sp³-hybridized carbons (Fsp3) is 0.278. The van der Waals surface area contributed by atoms with Gasteiger partial charge in [-0.25, -0.2) is 14.6 Å². The zero-order chi connectivity index (χ0) is 33.3. The predicted octanol–water partition coefficient (Wildman–Crippen LogP) is 4.67. The van der Waals surface area contributed by atoms with Crippen LogP contribution in [-0.2, 0) is 19.1 Å². The van der Waals surface area contributed by atoms with E-state index in [1.807, 2.05) is 68.4 Å². The van der Waals surface area contributed by atoms with Gasteiger partial charge in [0.1, 0.15) is 5.75 Å². The van der Waals surface area contributed by atoms with E-state index in [-0.39, 0.29) is 31.0 Å². The predicted molar refractivity (Wildman–Crippen MR) is 178 cm³/mol. The Bertz CT molecular complexity index is 1950. The number of rotatable bonds is 13. The average molecular weight is 657 g/mol. The molecule has 0 radical (unpaired) electrons. The molecule has 244 valence electrons. The number of hydrogen-bond donors (Lipinski definition) is 0. The molecule has 0 N–H and O–H groups in total. The first kappa shape index (κ1) is 33.2. The molecule has 1 aliphatic rings. The maximum Gasteiger partial charge on any atom is 0.344 e. The third-order valence-corrected chi connectivity index (χ3v) is 8.08. The van der Waals surface area contributed by atoms with Crippen molar-refractivity contribution in [1.82, 2.24) is 4.57 Å². The number of esters is 2. The van der Waals surface area contributed by atoms with E-state index in [1.165, 1.54) is 11.3 Å². The van der Waals surface area contributed by atoms with Crippen molar-refractivity contribution in [2.45, 2.75) is 33.7 Å². The van der Waals surface area contributed by atoms with Gasteiger partial charge in [-0.2, -0.15) is 0 Å². The summed E-state index contributed by atoms with van der Waals surface area (Å²) in [5, 5.41) is 0. The van der Waals surface area contributed by atoms with Crippen molar-refractivity contribution in [2.75, 3.05) is 33.0 Å². The lowest BCUT2D eigenvalue weighted by Crippen LogP contribution is -2.40. The van der Waals surface area contributed by atoms with E-state index < -0.39 is 18.0 Å². The number of nitrogens with zero attached hydrogens (tertiary/aromatic N) is 2. The molecule has 0 saturated carbocycles. The second kappa shape index (κ2) is 15.4. The van der Waals surface area contributed by atoms with Crippen molar-refractivity contribution >= 4 is 35.0 Å². The molecule has 10 nitrogen and oxygen atoms in total. The summed E-state index contributed by atoms with van der Waals surface area (Å²) in [5.41, 5.74) is 2.49. The van der Waals surface area contributed by atoms with Gasteiger partial charge in [0.05, 0.1) is 48.3 Å². The molecular formula is C36H36N2O8S. The Kier molecular flexibility index (Phi) is 10.9. The van der Waals surface area contributed by atoms with E-state index in [2.05, 4.69) is 0 Å². The Morgan fingerprint density at radius 3 is 2.23 bits per heavy atom. The summed E-state index contributed by atoms with van der Waals surface area (Å²) in [7, 11) is 0. The van der Waals surface area contributed by atoms with Crippen molar-refractivity contribution in [3.63, 3.8) is 0 Å². The molecule has 1 atom stereocenters. The highest BCUT2D eigenvalue weighted by molar-refractivity contribution is 7.07. The number of carbonyl (C=O) groups is 2. The molecule has 4 aromatic rings. The van der Waals surface area contributed by atoms with Gasteiger partial charge in [-0.05, 0) is 69.2 Å². The van der Waals surface area contributed by atoms with Gasteiger partial charge in [-0.15, -0.1) is 0 Å². The third-order valence-electron chi connectivity index (χ3n) is 7.10. The number of fused-ring (bicyclic) bond motifs is 1. The normalized spacial score (nSPS) is 14.2. The van der Waals surface area contributed by atoms with Crippen LogP contribution in [0.4, 0.5) is 0 Å².